The number of aromatic nitrogens is 2. The van der Waals surface area contributed by atoms with Crippen molar-refractivity contribution >= 4 is 40.9 Å². The topological polar surface area (TPSA) is 82.5 Å². The molecule has 0 saturated heterocycles. The predicted octanol–water partition coefficient (Wildman–Crippen LogP) is 4.04. The van der Waals surface area contributed by atoms with Crippen molar-refractivity contribution in [1.29, 1.82) is 0 Å². The largest absolute Gasteiger partial charge is 0.490 e. The summed E-state index contributed by atoms with van der Waals surface area (Å²) in [4.78, 5) is 28.9. The second-order valence-electron chi connectivity index (χ2n) is 6.14. The van der Waals surface area contributed by atoms with Gasteiger partial charge in [0, 0.05) is 24.5 Å². The Bertz CT molecular complexity index is 1010. The van der Waals surface area contributed by atoms with E-state index in [0.717, 1.165) is 5.16 Å². The van der Waals surface area contributed by atoms with Crippen LogP contribution in [0.4, 0.5) is 5.69 Å². The number of amides is 1. The Morgan fingerprint density at radius 1 is 1.13 bits per heavy atom. The van der Waals surface area contributed by atoms with Crippen molar-refractivity contribution in [3.05, 3.63) is 71.5 Å². The Hall–Kier alpha value is -2.97. The maximum atomic E-state index is 12.4. The predicted molar refractivity (Wildman–Crippen MR) is 116 cm³/mol. The number of hydrogen-bond acceptors (Lipinski definition) is 6. The number of esters is 1. The zero-order valence-electron chi connectivity index (χ0n) is 16.2. The van der Waals surface area contributed by atoms with Crippen molar-refractivity contribution < 1.29 is 19.1 Å². The Labute approximate surface area is 183 Å². The van der Waals surface area contributed by atoms with Crippen molar-refractivity contribution in [2.24, 2.45) is 7.05 Å². The van der Waals surface area contributed by atoms with Gasteiger partial charge in [-0.2, -0.15) is 0 Å². The maximum absolute atomic E-state index is 12.4. The monoisotopic (exact) mass is 445 g/mol. The molecule has 1 N–H and O–H groups in total. The van der Waals surface area contributed by atoms with E-state index in [1.807, 2.05) is 17.8 Å². The fourth-order valence-electron chi connectivity index (χ4n) is 2.48. The number of hydrogen-bond donors (Lipinski definition) is 1. The van der Waals surface area contributed by atoms with Crippen molar-refractivity contribution in [3.8, 4) is 5.75 Å². The number of carbonyl (C=O) groups is 2. The van der Waals surface area contributed by atoms with Crippen molar-refractivity contribution in [1.82, 2.24) is 9.55 Å². The molecular formula is C21H20ClN3O4S. The molecule has 1 aromatic heterocycles. The summed E-state index contributed by atoms with van der Waals surface area (Å²) in [7, 11) is 1.86. The number of aryl methyl sites for hydroxylation is 1. The summed E-state index contributed by atoms with van der Waals surface area (Å²) in [5.74, 6) is 0.0217. The van der Waals surface area contributed by atoms with Gasteiger partial charge < -0.3 is 19.4 Å². The first-order valence-electron chi connectivity index (χ1n) is 9.07. The van der Waals surface area contributed by atoms with E-state index in [4.69, 9.17) is 21.1 Å². The lowest BCUT2D eigenvalue weighted by molar-refractivity contribution is -0.113. The van der Waals surface area contributed by atoms with Gasteiger partial charge in [0.15, 0.2) is 5.16 Å². The highest BCUT2D eigenvalue weighted by Crippen LogP contribution is 2.19. The number of para-hydroxylation sites is 1. The molecule has 156 valence electrons. The van der Waals surface area contributed by atoms with E-state index in [0.29, 0.717) is 16.5 Å². The summed E-state index contributed by atoms with van der Waals surface area (Å²) in [6.07, 6.45) is 3.48. The van der Waals surface area contributed by atoms with Crippen LogP contribution in [0.5, 0.6) is 5.75 Å². The molecule has 0 aliphatic carbocycles. The third kappa shape index (κ3) is 6.27. The molecule has 0 atom stereocenters. The molecule has 0 fully saturated rings. The summed E-state index contributed by atoms with van der Waals surface area (Å²) in [5.41, 5.74) is 0.672. The average molecular weight is 446 g/mol. The number of anilines is 1. The number of benzene rings is 2. The number of nitrogens with one attached hydrogen (secondary N) is 1. The Morgan fingerprint density at radius 3 is 2.63 bits per heavy atom. The molecule has 1 amide bonds. The van der Waals surface area contributed by atoms with Gasteiger partial charge in [-0.05, 0) is 36.4 Å². The molecule has 9 heteroatoms. The molecule has 2 aromatic carbocycles. The van der Waals surface area contributed by atoms with Gasteiger partial charge in [-0.25, -0.2) is 9.78 Å². The first kappa shape index (κ1) is 21.7. The molecule has 3 rings (SSSR count). The molecule has 0 radical (unpaired) electrons. The zero-order valence-corrected chi connectivity index (χ0v) is 17.8. The Kier molecular flexibility index (Phi) is 7.75. The molecule has 0 saturated carbocycles. The normalized spacial score (nSPS) is 10.5. The van der Waals surface area contributed by atoms with E-state index in [-0.39, 0.29) is 30.4 Å². The molecule has 3 aromatic rings. The van der Waals surface area contributed by atoms with Gasteiger partial charge in [0.2, 0.25) is 5.91 Å². The van der Waals surface area contributed by atoms with Crippen molar-refractivity contribution in [2.45, 2.75) is 5.16 Å². The standard InChI is InChI=1S/C21H20ClN3O4S/c1-25-11-10-23-21(25)30-14-19(26)24-18-5-3-2-4-17(18)20(27)29-13-12-28-16-8-6-15(22)7-9-16/h2-11H,12-14H2,1H3,(H,24,26). The van der Waals surface area contributed by atoms with Gasteiger partial charge in [0.1, 0.15) is 19.0 Å². The van der Waals surface area contributed by atoms with E-state index in [9.17, 15) is 9.59 Å². The second-order valence-corrected chi connectivity index (χ2v) is 7.52. The third-order valence-electron chi connectivity index (χ3n) is 3.93. The molecule has 0 aliphatic heterocycles. The minimum Gasteiger partial charge on any atom is -0.490 e. The number of ether oxygens (including phenoxy) is 2. The minimum absolute atomic E-state index is 0.0682. The second kappa shape index (κ2) is 10.7. The van der Waals surface area contributed by atoms with Gasteiger partial charge in [-0.1, -0.05) is 35.5 Å². The number of halogens is 1. The van der Waals surface area contributed by atoms with Gasteiger partial charge in [0.25, 0.3) is 0 Å². The van der Waals surface area contributed by atoms with Crippen LogP contribution in [0.15, 0.2) is 66.1 Å². The first-order chi connectivity index (χ1) is 14.5. The SMILES string of the molecule is Cn1ccnc1SCC(=O)Nc1ccccc1C(=O)OCCOc1ccc(Cl)cc1. The highest BCUT2D eigenvalue weighted by Gasteiger charge is 2.15. The van der Waals surface area contributed by atoms with Crippen LogP contribution in [0.25, 0.3) is 0 Å². The molecule has 0 aliphatic rings. The smallest absolute Gasteiger partial charge is 0.340 e. The van der Waals surface area contributed by atoms with E-state index in [2.05, 4.69) is 10.3 Å². The number of thioether (sulfide) groups is 1. The minimum atomic E-state index is -0.539. The van der Waals surface area contributed by atoms with Gasteiger partial charge >= 0.3 is 5.97 Å². The number of imidazole rings is 1. The summed E-state index contributed by atoms with van der Waals surface area (Å²) in [6.45, 7) is 0.265. The maximum Gasteiger partial charge on any atom is 0.340 e. The van der Waals surface area contributed by atoms with E-state index in [1.165, 1.54) is 11.8 Å². The molecule has 0 unspecified atom stereocenters. The lowest BCUT2D eigenvalue weighted by Gasteiger charge is -2.11. The zero-order chi connectivity index (χ0) is 21.3. The fourth-order valence-corrected chi connectivity index (χ4v) is 3.34. The number of nitrogens with zero attached hydrogens (tertiary/aromatic N) is 2. The van der Waals surface area contributed by atoms with E-state index >= 15 is 0 Å². The average Bonchev–Trinajstić information content (AvgIpc) is 3.16. The van der Waals surface area contributed by atoms with Crippen LogP contribution in [-0.2, 0) is 16.6 Å². The third-order valence-corrected chi connectivity index (χ3v) is 5.24. The molecule has 7 nitrogen and oxygen atoms in total. The Morgan fingerprint density at radius 2 is 1.90 bits per heavy atom. The van der Waals surface area contributed by atoms with Crippen LogP contribution >= 0.6 is 23.4 Å². The number of carbonyl (C=O) groups excluding carboxylic acids is 2. The summed E-state index contributed by atoms with van der Waals surface area (Å²) >= 11 is 7.14. The molecular weight excluding hydrogens is 426 g/mol. The highest BCUT2D eigenvalue weighted by molar-refractivity contribution is 7.99. The molecule has 0 spiro atoms. The lowest BCUT2D eigenvalue weighted by Crippen LogP contribution is -2.18. The van der Waals surface area contributed by atoms with Crippen LogP contribution < -0.4 is 10.1 Å². The van der Waals surface area contributed by atoms with Gasteiger partial charge in [-0.3, -0.25) is 4.79 Å². The quantitative estimate of drug-likeness (QED) is 0.304. The van der Waals surface area contributed by atoms with Crippen LogP contribution in [0, 0.1) is 0 Å². The number of rotatable bonds is 9. The van der Waals surface area contributed by atoms with Crippen LogP contribution in [0.3, 0.4) is 0 Å². The van der Waals surface area contributed by atoms with Crippen LogP contribution in [0.1, 0.15) is 10.4 Å². The summed E-state index contributed by atoms with van der Waals surface area (Å²) in [5, 5.41) is 4.10. The van der Waals surface area contributed by atoms with E-state index < -0.39 is 5.97 Å². The summed E-state index contributed by atoms with van der Waals surface area (Å²) in [6, 6.07) is 13.6. The molecule has 0 bridgehead atoms. The van der Waals surface area contributed by atoms with Crippen molar-refractivity contribution in [2.75, 3.05) is 24.3 Å². The van der Waals surface area contributed by atoms with Crippen LogP contribution in [-0.4, -0.2) is 40.4 Å². The van der Waals surface area contributed by atoms with Gasteiger partial charge in [0.05, 0.1) is 17.0 Å². The molecule has 1 heterocycles. The summed E-state index contributed by atoms with van der Waals surface area (Å²) < 4.78 is 12.6. The Balaban J connectivity index is 1.49. The highest BCUT2D eigenvalue weighted by atomic mass is 35.5. The van der Waals surface area contributed by atoms with E-state index in [1.54, 1.807) is 54.7 Å². The van der Waals surface area contributed by atoms with Crippen molar-refractivity contribution in [3.63, 3.8) is 0 Å². The van der Waals surface area contributed by atoms with Crippen LogP contribution in [0.2, 0.25) is 5.02 Å². The lowest BCUT2D eigenvalue weighted by atomic mass is 10.2. The molecule has 30 heavy (non-hydrogen) atoms. The first-order valence-corrected chi connectivity index (χ1v) is 10.4. The fraction of sp³-hybridized carbons (Fsp3) is 0.190. The van der Waals surface area contributed by atoms with Gasteiger partial charge in [-0.15, -0.1) is 0 Å².